The van der Waals surface area contributed by atoms with Gasteiger partial charge in [-0.1, -0.05) is 12.2 Å². The van der Waals surface area contributed by atoms with E-state index in [1.54, 1.807) is 6.08 Å². The highest BCUT2D eigenvalue weighted by Gasteiger charge is 2.48. The molecule has 136 valence electrons. The second kappa shape index (κ2) is 7.25. The fourth-order valence-corrected chi connectivity index (χ4v) is 5.59. The zero-order chi connectivity index (χ0) is 18.0. The molecule has 7 heteroatoms. The number of fused-ring (bicyclic) bond motifs is 2. The highest BCUT2D eigenvalue weighted by Crippen LogP contribution is 2.50. The van der Waals surface area contributed by atoms with E-state index in [2.05, 4.69) is 4.72 Å². The molecule has 2 N–H and O–H groups in total. The van der Waals surface area contributed by atoms with Gasteiger partial charge >= 0.3 is 5.97 Å². The number of nitrogens with one attached hydrogen (secondary N) is 1. The second-order valence-corrected chi connectivity index (χ2v) is 8.62. The minimum atomic E-state index is -3.69. The Kier molecular flexibility index (Phi) is 5.24. The normalized spacial score (nSPS) is 28.7. The number of rotatable bonds is 7. The van der Waals surface area contributed by atoms with Crippen LogP contribution in [-0.4, -0.2) is 25.5 Å². The number of sulfonamides is 1. The fraction of sp³-hybridized carbons (Fsp3) is 0.500. The van der Waals surface area contributed by atoms with E-state index < -0.39 is 21.8 Å². The molecule has 2 fully saturated rings. The van der Waals surface area contributed by atoms with Crippen LogP contribution in [0.5, 0.6) is 0 Å². The van der Waals surface area contributed by atoms with Gasteiger partial charge in [-0.15, -0.1) is 0 Å². The molecule has 0 saturated heterocycles. The molecular weight excluding hydrogens is 345 g/mol. The van der Waals surface area contributed by atoms with Gasteiger partial charge in [0.15, 0.2) is 0 Å². The summed E-state index contributed by atoms with van der Waals surface area (Å²) in [5, 5.41) is 8.69. The smallest absolute Gasteiger partial charge is 0.307 e. The van der Waals surface area contributed by atoms with Gasteiger partial charge in [-0.05, 0) is 67.7 Å². The van der Waals surface area contributed by atoms with Gasteiger partial charge in [-0.2, -0.15) is 0 Å². The summed E-state index contributed by atoms with van der Waals surface area (Å²) in [5.41, 5.74) is 0. The third-order valence-corrected chi connectivity index (χ3v) is 6.85. The van der Waals surface area contributed by atoms with Gasteiger partial charge in [0, 0.05) is 6.04 Å². The topological polar surface area (TPSA) is 83.5 Å². The predicted octanol–water partition coefficient (Wildman–Crippen LogP) is 2.94. The third kappa shape index (κ3) is 4.10. The minimum Gasteiger partial charge on any atom is -0.481 e. The molecule has 3 rings (SSSR count). The molecule has 2 aliphatic carbocycles. The lowest BCUT2D eigenvalue weighted by atomic mass is 9.83. The Hall–Kier alpha value is -1.73. The van der Waals surface area contributed by atoms with Crippen LogP contribution in [0.2, 0.25) is 0 Å². The summed E-state index contributed by atoms with van der Waals surface area (Å²) >= 11 is 0. The van der Waals surface area contributed by atoms with E-state index in [9.17, 15) is 17.6 Å². The number of carbonyl (C=O) groups is 1. The van der Waals surface area contributed by atoms with Crippen LogP contribution in [0.15, 0.2) is 41.3 Å². The lowest BCUT2D eigenvalue weighted by molar-refractivity contribution is -0.136. The first kappa shape index (κ1) is 18.1. The van der Waals surface area contributed by atoms with Crippen LogP contribution in [-0.2, 0) is 14.8 Å². The Balaban J connectivity index is 1.71. The molecule has 5 nitrogen and oxygen atoms in total. The van der Waals surface area contributed by atoms with Gasteiger partial charge in [-0.3, -0.25) is 4.79 Å². The SMILES string of the molecule is O=C(O)CC=CCC1C2CCC(C2)C1NS(=O)(=O)c1ccc(F)cc1. The number of carboxylic acids is 1. The standard InChI is InChI=1S/C18H22FNO4S/c19-14-7-9-15(10-8-14)25(23,24)20-18-13-6-5-12(11-13)16(18)3-1-2-4-17(21)22/h1-2,7-10,12-13,16,18,20H,3-6,11H2,(H,21,22). The molecule has 1 aromatic carbocycles. The Morgan fingerprint density at radius 3 is 2.56 bits per heavy atom. The van der Waals surface area contributed by atoms with Crippen molar-refractivity contribution in [2.45, 2.75) is 43.0 Å². The van der Waals surface area contributed by atoms with Crippen molar-refractivity contribution in [1.29, 1.82) is 0 Å². The molecule has 2 aliphatic rings. The lowest BCUT2D eigenvalue weighted by Gasteiger charge is -2.31. The summed E-state index contributed by atoms with van der Waals surface area (Å²) in [7, 11) is -3.69. The molecule has 0 heterocycles. The van der Waals surface area contributed by atoms with E-state index in [1.165, 1.54) is 12.1 Å². The number of hydrogen-bond acceptors (Lipinski definition) is 3. The number of hydrogen-bond donors (Lipinski definition) is 2. The number of halogens is 1. The number of allylic oxidation sites excluding steroid dienone is 1. The van der Waals surface area contributed by atoms with Gasteiger partial charge < -0.3 is 5.11 Å². The molecule has 0 radical (unpaired) electrons. The van der Waals surface area contributed by atoms with E-state index in [1.807, 2.05) is 6.08 Å². The summed E-state index contributed by atoms with van der Waals surface area (Å²) in [6.45, 7) is 0. The van der Waals surface area contributed by atoms with Crippen LogP contribution in [0.1, 0.15) is 32.1 Å². The van der Waals surface area contributed by atoms with Gasteiger partial charge in [0.25, 0.3) is 0 Å². The summed E-state index contributed by atoms with van der Waals surface area (Å²) < 4.78 is 41.1. The Morgan fingerprint density at radius 1 is 1.20 bits per heavy atom. The van der Waals surface area contributed by atoms with Crippen LogP contribution >= 0.6 is 0 Å². The van der Waals surface area contributed by atoms with E-state index in [0.717, 1.165) is 31.4 Å². The van der Waals surface area contributed by atoms with Crippen molar-refractivity contribution >= 4 is 16.0 Å². The second-order valence-electron chi connectivity index (χ2n) is 6.90. The maximum absolute atomic E-state index is 13.0. The molecule has 4 atom stereocenters. The average molecular weight is 367 g/mol. The molecule has 0 aliphatic heterocycles. The molecule has 2 bridgehead atoms. The van der Waals surface area contributed by atoms with Crippen LogP contribution in [0.3, 0.4) is 0 Å². The Bertz CT molecular complexity index is 760. The molecule has 4 unspecified atom stereocenters. The highest BCUT2D eigenvalue weighted by molar-refractivity contribution is 7.89. The largest absolute Gasteiger partial charge is 0.481 e. The zero-order valence-electron chi connectivity index (χ0n) is 13.8. The van der Waals surface area contributed by atoms with E-state index >= 15 is 0 Å². The summed E-state index contributed by atoms with van der Waals surface area (Å²) in [6.07, 6.45) is 7.23. The monoisotopic (exact) mass is 367 g/mol. The first-order valence-corrected chi connectivity index (χ1v) is 10.00. The van der Waals surface area contributed by atoms with Crippen LogP contribution in [0.25, 0.3) is 0 Å². The summed E-state index contributed by atoms with van der Waals surface area (Å²) in [6, 6.07) is 4.67. The first-order valence-electron chi connectivity index (χ1n) is 8.51. The molecule has 0 aromatic heterocycles. The van der Waals surface area contributed by atoms with E-state index in [0.29, 0.717) is 18.3 Å². The van der Waals surface area contributed by atoms with Crippen LogP contribution in [0.4, 0.5) is 4.39 Å². The average Bonchev–Trinajstić information content (AvgIpc) is 3.14. The molecular formula is C18H22FNO4S. The van der Waals surface area contributed by atoms with Gasteiger partial charge in [0.2, 0.25) is 10.0 Å². The summed E-state index contributed by atoms with van der Waals surface area (Å²) in [5.74, 6) is -0.379. The van der Waals surface area contributed by atoms with E-state index in [-0.39, 0.29) is 23.3 Å². The third-order valence-electron chi connectivity index (χ3n) is 5.37. The maximum Gasteiger partial charge on any atom is 0.307 e. The fourth-order valence-electron chi connectivity index (χ4n) is 4.23. The van der Waals surface area contributed by atoms with Crippen molar-refractivity contribution < 1.29 is 22.7 Å². The minimum absolute atomic E-state index is 0.0210. The quantitative estimate of drug-likeness (QED) is 0.726. The van der Waals surface area contributed by atoms with Crippen LogP contribution in [0, 0.1) is 23.6 Å². The lowest BCUT2D eigenvalue weighted by Crippen LogP contribution is -2.43. The Morgan fingerprint density at radius 2 is 1.88 bits per heavy atom. The van der Waals surface area contributed by atoms with Crippen molar-refractivity contribution in [3.05, 3.63) is 42.2 Å². The molecule has 0 spiro atoms. The number of aliphatic carboxylic acids is 1. The van der Waals surface area contributed by atoms with Gasteiger partial charge in [0.1, 0.15) is 5.82 Å². The van der Waals surface area contributed by atoms with Gasteiger partial charge in [-0.25, -0.2) is 17.5 Å². The van der Waals surface area contributed by atoms with Crippen molar-refractivity contribution in [2.24, 2.45) is 17.8 Å². The van der Waals surface area contributed by atoms with Crippen LogP contribution < -0.4 is 4.72 Å². The van der Waals surface area contributed by atoms with Crippen molar-refractivity contribution in [1.82, 2.24) is 4.72 Å². The summed E-state index contributed by atoms with van der Waals surface area (Å²) in [4.78, 5) is 10.7. The number of carboxylic acid groups (broad SMARTS) is 1. The predicted molar refractivity (Wildman–Crippen MR) is 90.8 cm³/mol. The molecule has 1 aromatic rings. The first-order chi connectivity index (χ1) is 11.9. The van der Waals surface area contributed by atoms with Gasteiger partial charge in [0.05, 0.1) is 11.3 Å². The number of benzene rings is 1. The highest BCUT2D eigenvalue weighted by atomic mass is 32.2. The van der Waals surface area contributed by atoms with Crippen molar-refractivity contribution in [2.75, 3.05) is 0 Å². The van der Waals surface area contributed by atoms with Crippen molar-refractivity contribution in [3.8, 4) is 0 Å². The van der Waals surface area contributed by atoms with E-state index in [4.69, 9.17) is 5.11 Å². The maximum atomic E-state index is 13.0. The molecule has 2 saturated carbocycles. The molecule has 25 heavy (non-hydrogen) atoms. The Labute approximate surface area is 147 Å². The zero-order valence-corrected chi connectivity index (χ0v) is 14.6. The molecule has 0 amide bonds. The van der Waals surface area contributed by atoms with Crippen molar-refractivity contribution in [3.63, 3.8) is 0 Å².